The van der Waals surface area contributed by atoms with Gasteiger partial charge < -0.3 is 10.0 Å². The summed E-state index contributed by atoms with van der Waals surface area (Å²) in [6.45, 7) is 0. The summed E-state index contributed by atoms with van der Waals surface area (Å²) < 4.78 is 51.8. The van der Waals surface area contributed by atoms with E-state index >= 15 is 0 Å². The van der Waals surface area contributed by atoms with Gasteiger partial charge in [0, 0.05) is 19.8 Å². The second-order valence-corrected chi connectivity index (χ2v) is 15.2. The van der Waals surface area contributed by atoms with Crippen LogP contribution in [-0.4, -0.2) is 37.8 Å². The van der Waals surface area contributed by atoms with Gasteiger partial charge in [-0.3, -0.25) is 4.79 Å². The number of aliphatic hydroxyl groups excluding tert-OH is 1. The second kappa shape index (κ2) is 16.5. The van der Waals surface area contributed by atoms with E-state index in [0.29, 0.717) is 29.0 Å². The number of sulfonamides is 1. The van der Waals surface area contributed by atoms with Crippen molar-refractivity contribution in [1.82, 2.24) is 4.31 Å². The summed E-state index contributed by atoms with van der Waals surface area (Å²) in [5.74, 6) is -1.09. The lowest BCUT2D eigenvalue weighted by Crippen LogP contribution is -2.55. The van der Waals surface area contributed by atoms with Gasteiger partial charge in [-0.25, -0.2) is 21.5 Å². The maximum absolute atomic E-state index is 13.5. The molecule has 3 atom stereocenters. The Bertz CT molecular complexity index is 2220. The van der Waals surface area contributed by atoms with Crippen molar-refractivity contribution in [1.29, 1.82) is 0 Å². The number of hydrogen-bond acceptors (Lipinski definition) is 4. The SMILES string of the molecule is CN(C)S(=O)(=O)c1ccc(-c2ccccc2)cc1.O=C1[C@H](CC[C@H](O)c2ccc(F)cc2)[C@@H](c2ccc(-c3ccccc3)cc2)N1c1ccc(F)cc1. The van der Waals surface area contributed by atoms with Gasteiger partial charge in [0.1, 0.15) is 11.6 Å². The van der Waals surface area contributed by atoms with E-state index in [1.165, 1.54) is 42.7 Å². The molecule has 1 aliphatic rings. The third-order valence-electron chi connectivity index (χ3n) is 9.42. The van der Waals surface area contributed by atoms with Crippen molar-refractivity contribution in [2.45, 2.75) is 29.9 Å². The molecule has 1 saturated heterocycles. The lowest BCUT2D eigenvalue weighted by molar-refractivity contribution is -0.131. The van der Waals surface area contributed by atoms with E-state index in [2.05, 4.69) is 0 Å². The van der Waals surface area contributed by atoms with Crippen molar-refractivity contribution in [3.63, 3.8) is 0 Å². The molecule has 0 bridgehead atoms. The fraction of sp³-hybridized carbons (Fsp3) is 0.159. The highest BCUT2D eigenvalue weighted by molar-refractivity contribution is 7.89. The standard InChI is InChI=1S/C30H25F2NO2.C14H15NO2S/c31-24-12-10-22(11-13-24)28(34)19-18-27-29(33(30(27)35)26-16-14-25(32)15-17-26)23-8-6-21(7-9-23)20-4-2-1-3-5-20;1-15(2)18(16,17)14-10-8-13(9-11-14)12-6-4-3-5-7-12/h1-17,27-29,34H,18-19H2;3-11H,1-2H3/t27-,28+,29-;/m1./s1. The predicted molar refractivity (Wildman–Crippen MR) is 205 cm³/mol. The third kappa shape index (κ3) is 8.60. The lowest BCUT2D eigenvalue weighted by atomic mass is 9.78. The minimum Gasteiger partial charge on any atom is -0.388 e. The maximum Gasteiger partial charge on any atom is 0.242 e. The van der Waals surface area contributed by atoms with Crippen LogP contribution in [0.25, 0.3) is 22.3 Å². The number of benzene rings is 6. The Morgan fingerprint density at radius 3 is 1.58 bits per heavy atom. The Kier molecular flexibility index (Phi) is 11.6. The molecule has 0 spiro atoms. The molecule has 1 aliphatic heterocycles. The molecule has 1 amide bonds. The van der Waals surface area contributed by atoms with E-state index in [4.69, 9.17) is 0 Å². The summed E-state index contributed by atoms with van der Waals surface area (Å²) in [6.07, 6.45) is 0.0577. The quantitative estimate of drug-likeness (QED) is 0.143. The first kappa shape index (κ1) is 37.3. The topological polar surface area (TPSA) is 77.9 Å². The van der Waals surface area contributed by atoms with Gasteiger partial charge in [-0.15, -0.1) is 0 Å². The van der Waals surface area contributed by atoms with Gasteiger partial charge in [-0.2, -0.15) is 0 Å². The molecule has 0 radical (unpaired) electrons. The van der Waals surface area contributed by atoms with Crippen LogP contribution in [0.15, 0.2) is 163 Å². The number of anilines is 1. The Morgan fingerprint density at radius 2 is 1.09 bits per heavy atom. The highest BCUT2D eigenvalue weighted by Gasteiger charge is 2.48. The van der Waals surface area contributed by atoms with E-state index in [1.807, 2.05) is 97.1 Å². The van der Waals surface area contributed by atoms with Crippen LogP contribution in [0.4, 0.5) is 14.5 Å². The van der Waals surface area contributed by atoms with Crippen LogP contribution < -0.4 is 4.90 Å². The number of β-lactam (4-membered cyclic amide) rings is 1. The summed E-state index contributed by atoms with van der Waals surface area (Å²) in [6, 6.07) is 46.4. The first-order chi connectivity index (χ1) is 25.5. The third-order valence-corrected chi connectivity index (χ3v) is 11.3. The molecule has 1 N–H and O–H groups in total. The van der Waals surface area contributed by atoms with E-state index in [0.717, 1.165) is 27.8 Å². The molecule has 6 aromatic carbocycles. The van der Waals surface area contributed by atoms with Crippen LogP contribution >= 0.6 is 0 Å². The summed E-state index contributed by atoms with van der Waals surface area (Å²) in [5, 5.41) is 10.6. The summed E-state index contributed by atoms with van der Waals surface area (Å²) in [7, 11) is -0.286. The van der Waals surface area contributed by atoms with E-state index in [9.17, 15) is 27.1 Å². The molecule has 6 nitrogen and oxygen atoms in total. The Hall–Kier alpha value is -5.48. The highest BCUT2D eigenvalue weighted by Crippen LogP contribution is 2.46. The van der Waals surface area contributed by atoms with Crippen molar-refractivity contribution in [3.05, 3.63) is 180 Å². The van der Waals surface area contributed by atoms with Crippen molar-refractivity contribution in [3.8, 4) is 22.3 Å². The van der Waals surface area contributed by atoms with Gasteiger partial charge in [0.2, 0.25) is 15.9 Å². The number of carbonyl (C=O) groups is 1. The Labute approximate surface area is 309 Å². The van der Waals surface area contributed by atoms with Gasteiger partial charge in [0.15, 0.2) is 0 Å². The molecule has 0 unspecified atom stereocenters. The van der Waals surface area contributed by atoms with E-state index in [1.54, 1.807) is 41.3 Å². The number of hydrogen-bond donors (Lipinski definition) is 1. The molecule has 1 heterocycles. The molecular weight excluding hydrogens is 691 g/mol. The van der Waals surface area contributed by atoms with E-state index < -0.39 is 16.1 Å². The molecular formula is C44H40F2N2O4S. The highest BCUT2D eigenvalue weighted by atomic mass is 32.2. The smallest absolute Gasteiger partial charge is 0.242 e. The lowest BCUT2D eigenvalue weighted by Gasteiger charge is -2.48. The minimum atomic E-state index is -3.34. The monoisotopic (exact) mass is 730 g/mol. The first-order valence-electron chi connectivity index (χ1n) is 17.3. The number of rotatable bonds is 10. The zero-order chi connectivity index (χ0) is 37.5. The average Bonchev–Trinajstić information content (AvgIpc) is 3.19. The Balaban J connectivity index is 0.000000225. The largest absolute Gasteiger partial charge is 0.388 e. The molecule has 0 aliphatic carbocycles. The summed E-state index contributed by atoms with van der Waals surface area (Å²) >= 11 is 0. The van der Waals surface area contributed by atoms with E-state index in [-0.39, 0.29) is 29.5 Å². The fourth-order valence-electron chi connectivity index (χ4n) is 6.45. The zero-order valence-electron chi connectivity index (χ0n) is 29.4. The number of carbonyl (C=O) groups excluding carboxylic acids is 1. The van der Waals surface area contributed by atoms with Crippen LogP contribution in [-0.2, 0) is 14.8 Å². The molecule has 7 rings (SSSR count). The number of aliphatic hydroxyl groups is 1. The Morgan fingerprint density at radius 1 is 0.642 bits per heavy atom. The first-order valence-corrected chi connectivity index (χ1v) is 18.7. The maximum atomic E-state index is 13.5. The van der Waals surface area contributed by atoms with Crippen LogP contribution in [0.1, 0.15) is 36.1 Å². The zero-order valence-corrected chi connectivity index (χ0v) is 30.2. The summed E-state index contributed by atoms with van der Waals surface area (Å²) in [4.78, 5) is 15.2. The summed E-state index contributed by atoms with van der Waals surface area (Å²) in [5.41, 5.74) is 6.52. The second-order valence-electron chi connectivity index (χ2n) is 13.0. The van der Waals surface area contributed by atoms with Crippen LogP contribution in [0.2, 0.25) is 0 Å². The molecule has 6 aromatic rings. The molecule has 270 valence electrons. The number of nitrogens with zero attached hydrogens (tertiary/aromatic N) is 2. The molecule has 0 aromatic heterocycles. The van der Waals surface area contributed by atoms with Crippen LogP contribution in [0, 0.1) is 17.6 Å². The fourth-order valence-corrected chi connectivity index (χ4v) is 7.36. The van der Waals surface area contributed by atoms with Gasteiger partial charge >= 0.3 is 0 Å². The van der Waals surface area contributed by atoms with Crippen LogP contribution in [0.5, 0.6) is 0 Å². The minimum absolute atomic E-state index is 0.0555. The predicted octanol–water partition coefficient (Wildman–Crippen LogP) is 9.45. The van der Waals surface area contributed by atoms with Crippen LogP contribution in [0.3, 0.4) is 0 Å². The van der Waals surface area contributed by atoms with Crippen molar-refractivity contribution in [2.75, 3.05) is 19.0 Å². The normalized spacial score (nSPS) is 16.0. The van der Waals surface area contributed by atoms with Gasteiger partial charge in [0.05, 0.1) is 23.0 Å². The van der Waals surface area contributed by atoms with Crippen molar-refractivity contribution < 1.29 is 27.1 Å². The van der Waals surface area contributed by atoms with Gasteiger partial charge in [0.25, 0.3) is 0 Å². The van der Waals surface area contributed by atoms with Crippen molar-refractivity contribution >= 4 is 21.6 Å². The number of amides is 1. The molecule has 53 heavy (non-hydrogen) atoms. The molecule has 0 saturated carbocycles. The molecule has 9 heteroatoms. The average molecular weight is 731 g/mol. The van der Waals surface area contributed by atoms with Gasteiger partial charge in [-0.05, 0) is 94.8 Å². The van der Waals surface area contributed by atoms with Crippen molar-refractivity contribution in [2.24, 2.45) is 5.92 Å². The number of halogens is 2. The van der Waals surface area contributed by atoms with Gasteiger partial charge in [-0.1, -0.05) is 109 Å². The molecule has 1 fully saturated rings.